The molecule has 0 atom stereocenters. The molecule has 8 nitrogen and oxygen atoms in total. The zero-order valence-corrected chi connectivity index (χ0v) is 9.59. The van der Waals surface area contributed by atoms with Gasteiger partial charge in [0.2, 0.25) is 15.8 Å². The number of ether oxygens (including phenoxy) is 1. The Labute approximate surface area is 97.6 Å². The second kappa shape index (κ2) is 5.55. The predicted octanol–water partition coefficient (Wildman–Crippen LogP) is 0.0472. The molecule has 1 heterocycles. The lowest BCUT2D eigenvalue weighted by molar-refractivity contribution is -0.390. The van der Waals surface area contributed by atoms with E-state index >= 15 is 0 Å². The molecule has 2 N–H and O–H groups in total. The number of sulfonamides is 1. The van der Waals surface area contributed by atoms with E-state index in [-0.39, 0.29) is 24.5 Å². The molecule has 0 unspecified atom stereocenters. The van der Waals surface area contributed by atoms with Crippen molar-refractivity contribution < 1.29 is 18.1 Å². The Morgan fingerprint density at radius 1 is 1.53 bits per heavy atom. The SMILES string of the molecule is NS(=O)(=O)CCCOc1cccnc1[N+](=O)[O-]. The molecule has 0 fully saturated rings. The highest BCUT2D eigenvalue weighted by Crippen LogP contribution is 2.22. The van der Waals surface area contributed by atoms with Crippen molar-refractivity contribution in [2.24, 2.45) is 5.14 Å². The first kappa shape index (κ1) is 13.3. The van der Waals surface area contributed by atoms with Crippen molar-refractivity contribution in [3.05, 3.63) is 28.4 Å². The van der Waals surface area contributed by atoms with Crippen molar-refractivity contribution in [2.45, 2.75) is 6.42 Å². The molecule has 0 spiro atoms. The van der Waals surface area contributed by atoms with Gasteiger partial charge in [-0.05, 0) is 28.5 Å². The minimum Gasteiger partial charge on any atom is -0.486 e. The summed E-state index contributed by atoms with van der Waals surface area (Å²) in [5.41, 5.74) is 0. The summed E-state index contributed by atoms with van der Waals surface area (Å²) < 4.78 is 26.3. The summed E-state index contributed by atoms with van der Waals surface area (Å²) in [6, 6.07) is 2.88. The maximum Gasteiger partial charge on any atom is 0.406 e. The lowest BCUT2D eigenvalue weighted by Gasteiger charge is -2.05. The summed E-state index contributed by atoms with van der Waals surface area (Å²) in [6.45, 7) is 0.0168. The lowest BCUT2D eigenvalue weighted by atomic mass is 10.4. The van der Waals surface area contributed by atoms with E-state index in [9.17, 15) is 18.5 Å². The predicted molar refractivity (Wildman–Crippen MR) is 59.0 cm³/mol. The quantitative estimate of drug-likeness (QED) is 0.438. The van der Waals surface area contributed by atoms with Crippen molar-refractivity contribution in [2.75, 3.05) is 12.4 Å². The second-order valence-electron chi connectivity index (χ2n) is 3.15. The minimum atomic E-state index is -3.53. The number of nitrogens with two attached hydrogens (primary N) is 1. The lowest BCUT2D eigenvalue weighted by Crippen LogP contribution is -2.18. The van der Waals surface area contributed by atoms with E-state index in [0.29, 0.717) is 0 Å². The number of hydrogen-bond acceptors (Lipinski definition) is 6. The van der Waals surface area contributed by atoms with Crippen LogP contribution in [-0.2, 0) is 10.0 Å². The highest BCUT2D eigenvalue weighted by molar-refractivity contribution is 7.89. The molecule has 0 aliphatic carbocycles. The van der Waals surface area contributed by atoms with Crippen molar-refractivity contribution in [1.82, 2.24) is 4.98 Å². The fourth-order valence-corrected chi connectivity index (χ4v) is 1.59. The van der Waals surface area contributed by atoms with Gasteiger partial charge in [0.15, 0.2) is 0 Å². The molecule has 0 amide bonds. The van der Waals surface area contributed by atoms with E-state index < -0.39 is 20.8 Å². The highest BCUT2D eigenvalue weighted by atomic mass is 32.2. The van der Waals surface area contributed by atoms with Crippen LogP contribution in [0.2, 0.25) is 0 Å². The van der Waals surface area contributed by atoms with Crippen LogP contribution < -0.4 is 9.88 Å². The molecule has 94 valence electrons. The van der Waals surface area contributed by atoms with Gasteiger partial charge in [-0.2, -0.15) is 0 Å². The van der Waals surface area contributed by atoms with Gasteiger partial charge in [-0.15, -0.1) is 0 Å². The molecule has 0 radical (unpaired) electrons. The van der Waals surface area contributed by atoms with Gasteiger partial charge in [0.1, 0.15) is 6.20 Å². The summed E-state index contributed by atoms with van der Waals surface area (Å²) in [4.78, 5) is 13.4. The fourth-order valence-electron chi connectivity index (χ4n) is 1.07. The normalized spacial score (nSPS) is 11.1. The summed E-state index contributed by atoms with van der Waals surface area (Å²) in [5.74, 6) is -0.629. The summed E-state index contributed by atoms with van der Waals surface area (Å²) in [7, 11) is -3.53. The molecule has 0 saturated heterocycles. The summed E-state index contributed by atoms with van der Waals surface area (Å²) >= 11 is 0. The Morgan fingerprint density at radius 3 is 2.82 bits per heavy atom. The Hall–Kier alpha value is -1.74. The topological polar surface area (TPSA) is 125 Å². The van der Waals surface area contributed by atoms with Gasteiger partial charge in [0.05, 0.1) is 12.4 Å². The third kappa shape index (κ3) is 4.74. The first-order valence-electron chi connectivity index (χ1n) is 4.63. The Bertz CT molecular complexity index is 502. The molecule has 0 aromatic carbocycles. The number of pyridine rings is 1. The standard InChI is InChI=1S/C8H11N3O5S/c9-17(14,15)6-2-5-16-7-3-1-4-10-8(7)11(12)13/h1,3-4H,2,5-6H2,(H2,9,14,15). The van der Waals surface area contributed by atoms with E-state index in [0.717, 1.165) is 0 Å². The van der Waals surface area contributed by atoms with E-state index in [1.165, 1.54) is 18.3 Å². The van der Waals surface area contributed by atoms with Gasteiger partial charge >= 0.3 is 5.82 Å². The van der Waals surface area contributed by atoms with Crippen LogP contribution in [0.4, 0.5) is 5.82 Å². The van der Waals surface area contributed by atoms with Crippen LogP contribution in [0.15, 0.2) is 18.3 Å². The van der Waals surface area contributed by atoms with E-state index in [2.05, 4.69) is 4.98 Å². The van der Waals surface area contributed by atoms with Crippen LogP contribution in [0.25, 0.3) is 0 Å². The smallest absolute Gasteiger partial charge is 0.406 e. The third-order valence-electron chi connectivity index (χ3n) is 1.75. The zero-order chi connectivity index (χ0) is 12.9. The maximum absolute atomic E-state index is 10.6. The molecule has 1 rings (SSSR count). The van der Waals surface area contributed by atoms with Gasteiger partial charge < -0.3 is 14.9 Å². The molecule has 0 aliphatic heterocycles. The summed E-state index contributed by atoms with van der Waals surface area (Å²) in [5, 5.41) is 15.4. The zero-order valence-electron chi connectivity index (χ0n) is 8.77. The van der Waals surface area contributed by atoms with Crippen LogP contribution in [-0.4, -0.2) is 30.7 Å². The van der Waals surface area contributed by atoms with Gasteiger partial charge in [-0.1, -0.05) is 0 Å². The first-order chi connectivity index (χ1) is 7.90. The number of nitrogens with zero attached hydrogens (tertiary/aromatic N) is 2. The van der Waals surface area contributed by atoms with Gasteiger partial charge in [-0.25, -0.2) is 13.6 Å². The van der Waals surface area contributed by atoms with Gasteiger partial charge in [0.25, 0.3) is 0 Å². The fraction of sp³-hybridized carbons (Fsp3) is 0.375. The molecular formula is C8H11N3O5S. The molecule has 0 bridgehead atoms. The van der Waals surface area contributed by atoms with Gasteiger partial charge in [0, 0.05) is 0 Å². The Morgan fingerprint density at radius 2 is 2.24 bits per heavy atom. The first-order valence-corrected chi connectivity index (χ1v) is 6.34. The molecule has 9 heteroatoms. The molecule has 17 heavy (non-hydrogen) atoms. The van der Waals surface area contributed by atoms with Crippen molar-refractivity contribution in [1.29, 1.82) is 0 Å². The van der Waals surface area contributed by atoms with Crippen LogP contribution in [0.5, 0.6) is 5.75 Å². The van der Waals surface area contributed by atoms with Crippen LogP contribution in [0.3, 0.4) is 0 Å². The van der Waals surface area contributed by atoms with Crippen LogP contribution >= 0.6 is 0 Å². The van der Waals surface area contributed by atoms with E-state index in [1.54, 1.807) is 0 Å². The largest absolute Gasteiger partial charge is 0.486 e. The average Bonchev–Trinajstić information content (AvgIpc) is 2.23. The number of nitro groups is 1. The highest BCUT2D eigenvalue weighted by Gasteiger charge is 2.15. The number of primary sulfonamides is 1. The van der Waals surface area contributed by atoms with Crippen molar-refractivity contribution in [3.8, 4) is 5.75 Å². The number of rotatable bonds is 6. The number of aromatic nitrogens is 1. The van der Waals surface area contributed by atoms with E-state index in [4.69, 9.17) is 9.88 Å². The minimum absolute atomic E-state index is 0.00641. The van der Waals surface area contributed by atoms with Crippen molar-refractivity contribution in [3.63, 3.8) is 0 Å². The number of hydrogen-bond donors (Lipinski definition) is 1. The van der Waals surface area contributed by atoms with E-state index in [1.807, 2.05) is 0 Å². The third-order valence-corrected chi connectivity index (χ3v) is 2.61. The molecule has 1 aromatic rings. The summed E-state index contributed by atoms with van der Waals surface area (Å²) in [6.07, 6.45) is 1.43. The maximum atomic E-state index is 10.6. The molecule has 1 aromatic heterocycles. The molecule has 0 saturated carbocycles. The van der Waals surface area contributed by atoms with Crippen molar-refractivity contribution >= 4 is 15.8 Å². The van der Waals surface area contributed by atoms with Crippen LogP contribution in [0.1, 0.15) is 6.42 Å². The van der Waals surface area contributed by atoms with Gasteiger partial charge in [-0.3, -0.25) is 0 Å². The Balaban J connectivity index is 2.55. The second-order valence-corrected chi connectivity index (χ2v) is 4.89. The van der Waals surface area contributed by atoms with Crippen LogP contribution in [0, 0.1) is 10.1 Å². The molecular weight excluding hydrogens is 250 g/mol. The monoisotopic (exact) mass is 261 g/mol. The Kier molecular flexibility index (Phi) is 4.35. The average molecular weight is 261 g/mol. The molecule has 0 aliphatic rings.